The van der Waals surface area contributed by atoms with E-state index in [0.717, 1.165) is 42.9 Å². The fraction of sp³-hybridized carbons (Fsp3) is 0.706. The van der Waals surface area contributed by atoms with Crippen molar-refractivity contribution in [1.82, 2.24) is 14.8 Å². The van der Waals surface area contributed by atoms with E-state index in [1.807, 2.05) is 22.1 Å². The van der Waals surface area contributed by atoms with Gasteiger partial charge in [-0.3, -0.25) is 9.59 Å². The van der Waals surface area contributed by atoms with Crippen LogP contribution in [0.5, 0.6) is 0 Å². The maximum Gasteiger partial charge on any atom is 0.252 e. The Labute approximate surface area is 145 Å². The second kappa shape index (κ2) is 6.44. The molecule has 0 unspecified atom stereocenters. The average molecular weight is 349 g/mol. The van der Waals surface area contributed by atoms with Crippen LogP contribution in [-0.4, -0.2) is 57.9 Å². The summed E-state index contributed by atoms with van der Waals surface area (Å²) in [6.07, 6.45) is 3.67. The van der Waals surface area contributed by atoms with E-state index in [1.165, 1.54) is 0 Å². The normalized spacial score (nSPS) is 30.0. The van der Waals surface area contributed by atoms with E-state index in [0.29, 0.717) is 19.6 Å². The zero-order valence-electron chi connectivity index (χ0n) is 13.9. The summed E-state index contributed by atoms with van der Waals surface area (Å²) >= 11 is 1.61. The molecule has 0 N–H and O–H groups in total. The number of piperidine rings is 1. The Hall–Kier alpha value is -1.47. The molecule has 3 aliphatic heterocycles. The van der Waals surface area contributed by atoms with Crippen LogP contribution in [0.25, 0.3) is 0 Å². The third kappa shape index (κ3) is 2.84. The Balaban J connectivity index is 1.49. The summed E-state index contributed by atoms with van der Waals surface area (Å²) in [6, 6.07) is 0.262. The maximum absolute atomic E-state index is 12.7. The van der Waals surface area contributed by atoms with Crippen molar-refractivity contribution in [3.63, 3.8) is 0 Å². The molecule has 1 aromatic rings. The first-order chi connectivity index (χ1) is 11.6. The van der Waals surface area contributed by atoms with Gasteiger partial charge in [-0.2, -0.15) is 0 Å². The first-order valence-electron chi connectivity index (χ1n) is 8.76. The SMILES string of the molecule is Cc1nc(CN2C(=O)CC[C@@H]3[C@H]2CCN3C(=O)[C@@H]2CCCO2)cs1. The highest BCUT2D eigenvalue weighted by atomic mass is 32.1. The molecule has 130 valence electrons. The first kappa shape index (κ1) is 16.0. The van der Waals surface area contributed by atoms with Crippen molar-refractivity contribution in [2.45, 2.75) is 63.8 Å². The summed E-state index contributed by atoms with van der Waals surface area (Å²) in [4.78, 5) is 33.6. The van der Waals surface area contributed by atoms with Gasteiger partial charge < -0.3 is 14.5 Å². The third-order valence-corrected chi connectivity index (χ3v) is 6.19. The molecule has 3 atom stereocenters. The Morgan fingerprint density at radius 2 is 2.25 bits per heavy atom. The number of ether oxygens (including phenoxy) is 1. The van der Waals surface area contributed by atoms with E-state index >= 15 is 0 Å². The second-order valence-corrected chi connectivity index (χ2v) is 7.94. The van der Waals surface area contributed by atoms with Gasteiger partial charge in [-0.1, -0.05) is 0 Å². The lowest BCUT2D eigenvalue weighted by molar-refractivity contribution is -0.147. The fourth-order valence-electron chi connectivity index (χ4n) is 4.24. The number of likely N-dealkylation sites (tertiary alicyclic amines) is 2. The summed E-state index contributed by atoms with van der Waals surface area (Å²) < 4.78 is 5.57. The van der Waals surface area contributed by atoms with Crippen molar-refractivity contribution >= 4 is 23.2 Å². The first-order valence-corrected chi connectivity index (χ1v) is 9.64. The molecule has 2 amide bonds. The molecule has 4 rings (SSSR count). The molecule has 3 fully saturated rings. The van der Waals surface area contributed by atoms with Crippen molar-refractivity contribution in [2.24, 2.45) is 0 Å². The standard InChI is InChI=1S/C17H23N3O3S/c1-11-18-12(10-24-11)9-20-14-6-7-19(13(14)4-5-16(20)21)17(22)15-3-2-8-23-15/h10,13-15H,2-9H2,1H3/t13-,14-,15+/m1/s1. The molecule has 0 radical (unpaired) electrons. The van der Waals surface area contributed by atoms with Gasteiger partial charge in [0.25, 0.3) is 5.91 Å². The number of hydrogen-bond acceptors (Lipinski definition) is 5. The Morgan fingerprint density at radius 1 is 1.38 bits per heavy atom. The lowest BCUT2D eigenvalue weighted by Gasteiger charge is -2.39. The number of aromatic nitrogens is 1. The molecule has 7 heteroatoms. The molecule has 4 heterocycles. The van der Waals surface area contributed by atoms with Gasteiger partial charge in [0.2, 0.25) is 5.91 Å². The van der Waals surface area contributed by atoms with E-state index in [2.05, 4.69) is 4.98 Å². The largest absolute Gasteiger partial charge is 0.368 e. The molecule has 0 bridgehead atoms. The highest BCUT2D eigenvalue weighted by Gasteiger charge is 2.46. The van der Waals surface area contributed by atoms with Crippen molar-refractivity contribution in [2.75, 3.05) is 13.2 Å². The zero-order chi connectivity index (χ0) is 16.7. The van der Waals surface area contributed by atoms with E-state index in [-0.39, 0.29) is 30.0 Å². The minimum atomic E-state index is -0.268. The molecule has 0 aliphatic carbocycles. The van der Waals surface area contributed by atoms with E-state index in [1.54, 1.807) is 11.3 Å². The van der Waals surface area contributed by atoms with Crippen LogP contribution in [0.4, 0.5) is 0 Å². The Morgan fingerprint density at radius 3 is 2.96 bits per heavy atom. The summed E-state index contributed by atoms with van der Waals surface area (Å²) in [6.45, 7) is 3.96. The zero-order valence-corrected chi connectivity index (χ0v) is 14.8. The molecule has 6 nitrogen and oxygen atoms in total. The fourth-order valence-corrected chi connectivity index (χ4v) is 4.84. The number of hydrogen-bond donors (Lipinski definition) is 0. The van der Waals surface area contributed by atoms with Gasteiger partial charge in [0.05, 0.1) is 29.3 Å². The van der Waals surface area contributed by atoms with Crippen LogP contribution < -0.4 is 0 Å². The van der Waals surface area contributed by atoms with E-state index in [4.69, 9.17) is 4.74 Å². The lowest BCUT2D eigenvalue weighted by Crippen LogP contribution is -2.54. The number of amides is 2. The van der Waals surface area contributed by atoms with Gasteiger partial charge >= 0.3 is 0 Å². The summed E-state index contributed by atoms with van der Waals surface area (Å²) in [5, 5.41) is 3.05. The van der Waals surface area contributed by atoms with Gasteiger partial charge in [-0.15, -0.1) is 11.3 Å². The predicted molar refractivity (Wildman–Crippen MR) is 89.5 cm³/mol. The molecule has 24 heavy (non-hydrogen) atoms. The molecule has 0 saturated carbocycles. The van der Waals surface area contributed by atoms with Crippen molar-refractivity contribution < 1.29 is 14.3 Å². The quantitative estimate of drug-likeness (QED) is 0.834. The number of rotatable bonds is 3. The Bertz CT molecular complexity index is 641. The van der Waals surface area contributed by atoms with Crippen molar-refractivity contribution in [1.29, 1.82) is 0 Å². The lowest BCUT2D eigenvalue weighted by atomic mass is 9.95. The molecule has 0 spiro atoms. The number of carbonyl (C=O) groups excluding carboxylic acids is 2. The van der Waals surface area contributed by atoms with E-state index in [9.17, 15) is 9.59 Å². The minimum absolute atomic E-state index is 0.124. The van der Waals surface area contributed by atoms with Crippen LogP contribution in [-0.2, 0) is 20.9 Å². The van der Waals surface area contributed by atoms with Crippen molar-refractivity contribution in [3.8, 4) is 0 Å². The molecule has 1 aromatic heterocycles. The minimum Gasteiger partial charge on any atom is -0.368 e. The van der Waals surface area contributed by atoms with Gasteiger partial charge in [0.1, 0.15) is 6.10 Å². The smallest absolute Gasteiger partial charge is 0.252 e. The molecular weight excluding hydrogens is 326 g/mol. The Kier molecular flexibility index (Phi) is 4.30. The monoisotopic (exact) mass is 349 g/mol. The van der Waals surface area contributed by atoms with Crippen LogP contribution >= 0.6 is 11.3 Å². The summed E-state index contributed by atoms with van der Waals surface area (Å²) in [5.41, 5.74) is 0.954. The molecule has 3 saturated heterocycles. The number of thiazole rings is 1. The number of fused-ring (bicyclic) bond motifs is 1. The van der Waals surface area contributed by atoms with Gasteiger partial charge in [-0.25, -0.2) is 4.98 Å². The average Bonchev–Trinajstić information content (AvgIpc) is 3.30. The molecule has 3 aliphatic rings. The number of aryl methyl sites for hydroxylation is 1. The summed E-state index contributed by atoms with van der Waals surface area (Å²) in [5.74, 6) is 0.312. The van der Waals surface area contributed by atoms with Gasteiger partial charge in [0.15, 0.2) is 0 Å². The maximum atomic E-state index is 12.7. The topological polar surface area (TPSA) is 62.7 Å². The second-order valence-electron chi connectivity index (χ2n) is 6.87. The molecule has 0 aromatic carbocycles. The molecular formula is C17H23N3O3S. The van der Waals surface area contributed by atoms with Crippen molar-refractivity contribution in [3.05, 3.63) is 16.1 Å². The highest BCUT2D eigenvalue weighted by molar-refractivity contribution is 7.09. The van der Waals surface area contributed by atoms with Crippen LogP contribution in [0.15, 0.2) is 5.38 Å². The van der Waals surface area contributed by atoms with E-state index < -0.39 is 0 Å². The predicted octanol–water partition coefficient (Wildman–Crippen LogP) is 1.72. The van der Waals surface area contributed by atoms with Gasteiger partial charge in [-0.05, 0) is 32.6 Å². The number of nitrogens with zero attached hydrogens (tertiary/aromatic N) is 3. The summed E-state index contributed by atoms with van der Waals surface area (Å²) in [7, 11) is 0. The van der Waals surface area contributed by atoms with Crippen LogP contribution in [0, 0.1) is 6.92 Å². The van der Waals surface area contributed by atoms with Crippen LogP contribution in [0.1, 0.15) is 42.8 Å². The highest BCUT2D eigenvalue weighted by Crippen LogP contribution is 2.34. The van der Waals surface area contributed by atoms with Crippen LogP contribution in [0.3, 0.4) is 0 Å². The number of carbonyl (C=O) groups is 2. The van der Waals surface area contributed by atoms with Crippen LogP contribution in [0.2, 0.25) is 0 Å². The third-order valence-electron chi connectivity index (χ3n) is 5.37. The van der Waals surface area contributed by atoms with Gasteiger partial charge in [0, 0.05) is 25.0 Å².